The summed E-state index contributed by atoms with van der Waals surface area (Å²) in [7, 11) is 0. The highest BCUT2D eigenvalue weighted by molar-refractivity contribution is 5.82. The lowest BCUT2D eigenvalue weighted by Gasteiger charge is -2.20. The molecule has 3 heteroatoms. The Balaban J connectivity index is 2.15. The Bertz CT molecular complexity index is 689. The normalized spacial score (nSPS) is 12.4. The molecule has 1 N–H and O–H groups in total. The van der Waals surface area contributed by atoms with Crippen LogP contribution in [-0.4, -0.2) is 16.5 Å². The van der Waals surface area contributed by atoms with E-state index in [4.69, 9.17) is 0 Å². The molecule has 0 aliphatic rings. The molecule has 2 heterocycles. The van der Waals surface area contributed by atoms with Crippen LogP contribution in [0.15, 0.2) is 61.1 Å². The van der Waals surface area contributed by atoms with E-state index in [-0.39, 0.29) is 6.04 Å². The van der Waals surface area contributed by atoms with Crippen LogP contribution in [-0.2, 0) is 0 Å². The fourth-order valence-corrected chi connectivity index (χ4v) is 2.53. The number of hydrogen-bond acceptors (Lipinski definition) is 3. The Morgan fingerprint density at radius 3 is 2.60 bits per heavy atom. The number of hydrogen-bond donors (Lipinski definition) is 1. The molecule has 1 unspecified atom stereocenters. The zero-order chi connectivity index (χ0) is 13.8. The summed E-state index contributed by atoms with van der Waals surface area (Å²) in [5, 5.41) is 4.71. The summed E-state index contributed by atoms with van der Waals surface area (Å²) in [5.41, 5.74) is 3.47. The number of nitrogens with one attached hydrogen (secondary N) is 1. The van der Waals surface area contributed by atoms with Crippen LogP contribution in [0.2, 0.25) is 0 Å². The Labute approximate surface area is 118 Å². The minimum absolute atomic E-state index is 0.140. The van der Waals surface area contributed by atoms with E-state index in [0.717, 1.165) is 12.1 Å². The van der Waals surface area contributed by atoms with E-state index >= 15 is 0 Å². The van der Waals surface area contributed by atoms with Gasteiger partial charge in [-0.05, 0) is 35.9 Å². The van der Waals surface area contributed by atoms with Crippen LogP contribution in [0.1, 0.15) is 24.1 Å². The summed E-state index contributed by atoms with van der Waals surface area (Å²) in [4.78, 5) is 8.65. The number of pyridine rings is 2. The van der Waals surface area contributed by atoms with Crippen LogP contribution in [0.4, 0.5) is 0 Å². The van der Waals surface area contributed by atoms with Gasteiger partial charge in [-0.1, -0.05) is 31.2 Å². The van der Waals surface area contributed by atoms with Crippen molar-refractivity contribution in [2.75, 3.05) is 6.54 Å². The predicted molar refractivity (Wildman–Crippen MR) is 81.5 cm³/mol. The van der Waals surface area contributed by atoms with Crippen LogP contribution >= 0.6 is 0 Å². The van der Waals surface area contributed by atoms with Gasteiger partial charge in [0.15, 0.2) is 0 Å². The number of aromatic nitrogens is 2. The second-order valence-corrected chi connectivity index (χ2v) is 4.69. The van der Waals surface area contributed by atoms with Crippen molar-refractivity contribution in [3.63, 3.8) is 0 Å². The van der Waals surface area contributed by atoms with Gasteiger partial charge in [0.1, 0.15) is 0 Å². The molecular formula is C17H17N3. The lowest BCUT2D eigenvalue weighted by molar-refractivity contribution is 0.633. The topological polar surface area (TPSA) is 37.8 Å². The molecule has 0 radical (unpaired) electrons. The van der Waals surface area contributed by atoms with Gasteiger partial charge in [-0.2, -0.15) is 0 Å². The number of para-hydroxylation sites is 1. The molecule has 3 aromatic rings. The zero-order valence-electron chi connectivity index (χ0n) is 11.5. The Morgan fingerprint density at radius 1 is 1.00 bits per heavy atom. The molecule has 0 amide bonds. The van der Waals surface area contributed by atoms with Crippen molar-refractivity contribution in [2.45, 2.75) is 13.0 Å². The van der Waals surface area contributed by atoms with Crippen molar-refractivity contribution in [3.05, 3.63) is 72.2 Å². The van der Waals surface area contributed by atoms with Gasteiger partial charge < -0.3 is 5.32 Å². The molecular weight excluding hydrogens is 246 g/mol. The molecule has 0 fully saturated rings. The highest BCUT2D eigenvalue weighted by Crippen LogP contribution is 2.27. The molecule has 0 aliphatic heterocycles. The Morgan fingerprint density at radius 2 is 1.80 bits per heavy atom. The molecule has 20 heavy (non-hydrogen) atoms. The first kappa shape index (κ1) is 12.8. The average Bonchev–Trinajstić information content (AvgIpc) is 2.53. The summed E-state index contributed by atoms with van der Waals surface area (Å²) < 4.78 is 0. The van der Waals surface area contributed by atoms with Crippen LogP contribution in [0.5, 0.6) is 0 Å². The van der Waals surface area contributed by atoms with Crippen LogP contribution < -0.4 is 5.32 Å². The largest absolute Gasteiger partial charge is 0.306 e. The van der Waals surface area contributed by atoms with Gasteiger partial charge >= 0.3 is 0 Å². The third-order valence-corrected chi connectivity index (χ3v) is 3.42. The molecule has 0 saturated carbocycles. The van der Waals surface area contributed by atoms with E-state index in [0.29, 0.717) is 0 Å². The minimum atomic E-state index is 0.140. The van der Waals surface area contributed by atoms with Crippen LogP contribution in [0.25, 0.3) is 10.9 Å². The second-order valence-electron chi connectivity index (χ2n) is 4.69. The fraction of sp³-hybridized carbons (Fsp3) is 0.176. The monoisotopic (exact) mass is 263 g/mol. The first-order valence-corrected chi connectivity index (χ1v) is 6.87. The molecule has 1 aromatic carbocycles. The number of fused-ring (bicyclic) bond motifs is 1. The van der Waals surface area contributed by atoms with Gasteiger partial charge in [-0.25, -0.2) is 0 Å². The Hall–Kier alpha value is -2.26. The molecule has 0 aliphatic carbocycles. The van der Waals surface area contributed by atoms with Crippen molar-refractivity contribution in [2.24, 2.45) is 0 Å². The zero-order valence-corrected chi connectivity index (χ0v) is 11.5. The molecule has 3 nitrogen and oxygen atoms in total. The third kappa shape index (κ3) is 2.40. The summed E-state index contributed by atoms with van der Waals surface area (Å²) in [6, 6.07) is 14.6. The predicted octanol–water partition coefficient (Wildman–Crippen LogP) is 3.33. The van der Waals surface area contributed by atoms with Crippen molar-refractivity contribution < 1.29 is 0 Å². The van der Waals surface area contributed by atoms with E-state index < -0.39 is 0 Å². The smallest absolute Gasteiger partial charge is 0.0753 e. The number of benzene rings is 1. The summed E-state index contributed by atoms with van der Waals surface area (Å²) >= 11 is 0. The first-order chi connectivity index (χ1) is 9.90. The number of nitrogens with zero attached hydrogens (tertiary/aromatic N) is 2. The van der Waals surface area contributed by atoms with Gasteiger partial charge in [0, 0.05) is 24.0 Å². The van der Waals surface area contributed by atoms with Crippen molar-refractivity contribution in [3.8, 4) is 0 Å². The van der Waals surface area contributed by atoms with E-state index in [1.807, 2.05) is 24.7 Å². The molecule has 0 saturated heterocycles. The van der Waals surface area contributed by atoms with Gasteiger partial charge in [0.05, 0.1) is 11.6 Å². The maximum Gasteiger partial charge on any atom is 0.0753 e. The van der Waals surface area contributed by atoms with Crippen molar-refractivity contribution >= 4 is 10.9 Å². The molecule has 2 aromatic heterocycles. The maximum absolute atomic E-state index is 4.55. The van der Waals surface area contributed by atoms with Crippen LogP contribution in [0, 0.1) is 0 Å². The highest BCUT2D eigenvalue weighted by Gasteiger charge is 2.15. The standard InChI is InChI=1S/C17H17N3/c1-2-19-16(14-8-11-18-12-9-14)15-7-3-5-13-6-4-10-20-17(13)15/h3-12,16,19H,2H2,1H3. The minimum Gasteiger partial charge on any atom is -0.306 e. The van der Waals surface area contributed by atoms with E-state index in [2.05, 4.69) is 58.6 Å². The lowest BCUT2D eigenvalue weighted by Crippen LogP contribution is -2.22. The van der Waals surface area contributed by atoms with E-state index in [1.54, 1.807) is 0 Å². The second kappa shape index (κ2) is 5.80. The summed E-state index contributed by atoms with van der Waals surface area (Å²) in [5.74, 6) is 0. The van der Waals surface area contributed by atoms with Gasteiger partial charge in [0.25, 0.3) is 0 Å². The molecule has 100 valence electrons. The SMILES string of the molecule is CCNC(c1ccncc1)c1cccc2cccnc12. The van der Waals surface area contributed by atoms with Gasteiger partial charge in [-0.15, -0.1) is 0 Å². The fourth-order valence-electron chi connectivity index (χ4n) is 2.53. The van der Waals surface area contributed by atoms with E-state index in [9.17, 15) is 0 Å². The molecule has 3 rings (SSSR count). The first-order valence-electron chi connectivity index (χ1n) is 6.87. The number of rotatable bonds is 4. The molecule has 0 spiro atoms. The summed E-state index contributed by atoms with van der Waals surface area (Å²) in [6.45, 7) is 3.02. The Kier molecular flexibility index (Phi) is 3.70. The third-order valence-electron chi connectivity index (χ3n) is 3.42. The summed E-state index contributed by atoms with van der Waals surface area (Å²) in [6.07, 6.45) is 5.51. The maximum atomic E-state index is 4.55. The van der Waals surface area contributed by atoms with Crippen LogP contribution in [0.3, 0.4) is 0 Å². The molecule has 1 atom stereocenters. The van der Waals surface area contributed by atoms with Crippen molar-refractivity contribution in [1.82, 2.24) is 15.3 Å². The lowest BCUT2D eigenvalue weighted by atomic mass is 9.97. The quantitative estimate of drug-likeness (QED) is 0.784. The van der Waals surface area contributed by atoms with Gasteiger partial charge in [-0.3, -0.25) is 9.97 Å². The van der Waals surface area contributed by atoms with E-state index in [1.165, 1.54) is 16.5 Å². The highest BCUT2D eigenvalue weighted by atomic mass is 14.9. The van der Waals surface area contributed by atoms with Crippen molar-refractivity contribution in [1.29, 1.82) is 0 Å². The molecule has 0 bridgehead atoms. The van der Waals surface area contributed by atoms with Gasteiger partial charge in [0.2, 0.25) is 0 Å². The average molecular weight is 263 g/mol.